The number of nitrogens with one attached hydrogen (secondary N) is 1. The fraction of sp³-hybridized carbons (Fsp3) is 0.600. The summed E-state index contributed by atoms with van der Waals surface area (Å²) in [5, 5.41) is 12.4. The van der Waals surface area contributed by atoms with Gasteiger partial charge in [-0.25, -0.2) is 0 Å². The van der Waals surface area contributed by atoms with E-state index in [0.717, 1.165) is 12.8 Å². The van der Waals surface area contributed by atoms with Crippen molar-refractivity contribution in [3.05, 3.63) is 23.0 Å². The van der Waals surface area contributed by atoms with E-state index in [2.05, 4.69) is 5.32 Å². The van der Waals surface area contributed by atoms with E-state index in [1.54, 1.807) is 12.3 Å². The lowest BCUT2D eigenvalue weighted by Gasteiger charge is -2.16. The molecule has 1 saturated carbocycles. The predicted molar refractivity (Wildman–Crippen MR) is 80.6 cm³/mol. The molecule has 2 rings (SSSR count). The van der Waals surface area contributed by atoms with Gasteiger partial charge in [-0.2, -0.15) is 0 Å². The van der Waals surface area contributed by atoms with Gasteiger partial charge in [0, 0.05) is 18.8 Å². The summed E-state index contributed by atoms with van der Waals surface area (Å²) in [4.78, 5) is 23.4. The van der Waals surface area contributed by atoms with Crippen LogP contribution < -0.4 is 5.32 Å². The topological polar surface area (TPSA) is 71.3 Å². The fourth-order valence-corrected chi connectivity index (χ4v) is 2.64. The van der Waals surface area contributed by atoms with Gasteiger partial charge in [-0.15, -0.1) is 0 Å². The first-order valence-corrected chi connectivity index (χ1v) is 7.64. The van der Waals surface area contributed by atoms with E-state index in [0.29, 0.717) is 23.2 Å². The van der Waals surface area contributed by atoms with Crippen molar-refractivity contribution in [2.75, 3.05) is 6.54 Å². The Labute approximate surface area is 129 Å². The molecule has 1 aliphatic carbocycles. The summed E-state index contributed by atoms with van der Waals surface area (Å²) < 4.78 is 1.88. The van der Waals surface area contributed by atoms with Gasteiger partial charge in [0.05, 0.1) is 10.9 Å². The van der Waals surface area contributed by atoms with Gasteiger partial charge in [0.1, 0.15) is 5.69 Å². The number of rotatable bonds is 7. The van der Waals surface area contributed by atoms with Gasteiger partial charge in [-0.05, 0) is 31.2 Å². The van der Waals surface area contributed by atoms with Crippen LogP contribution in [0.4, 0.5) is 0 Å². The van der Waals surface area contributed by atoms with Gasteiger partial charge in [0.2, 0.25) is 0 Å². The van der Waals surface area contributed by atoms with E-state index in [-0.39, 0.29) is 18.4 Å². The third-order valence-corrected chi connectivity index (χ3v) is 3.81. The highest BCUT2D eigenvalue weighted by molar-refractivity contribution is 6.31. The van der Waals surface area contributed by atoms with Crippen LogP contribution in [0, 0.1) is 11.8 Å². The molecule has 1 amide bonds. The minimum atomic E-state index is -0.875. The second-order valence-corrected chi connectivity index (χ2v) is 6.49. The van der Waals surface area contributed by atoms with Crippen molar-refractivity contribution in [2.45, 2.75) is 39.2 Å². The lowest BCUT2D eigenvalue weighted by molar-refractivity contribution is -0.142. The fourth-order valence-electron chi connectivity index (χ4n) is 2.43. The Balaban J connectivity index is 1.99. The first kappa shape index (κ1) is 15.9. The second-order valence-electron chi connectivity index (χ2n) is 6.06. The minimum absolute atomic E-state index is 0.139. The van der Waals surface area contributed by atoms with Crippen LogP contribution in [-0.4, -0.2) is 28.1 Å². The van der Waals surface area contributed by atoms with E-state index >= 15 is 0 Å². The largest absolute Gasteiger partial charge is 0.481 e. The maximum Gasteiger partial charge on any atom is 0.308 e. The highest BCUT2D eigenvalue weighted by atomic mass is 35.5. The van der Waals surface area contributed by atoms with Crippen molar-refractivity contribution in [3.63, 3.8) is 0 Å². The summed E-state index contributed by atoms with van der Waals surface area (Å²) >= 11 is 5.97. The third-order valence-electron chi connectivity index (χ3n) is 3.60. The van der Waals surface area contributed by atoms with Crippen molar-refractivity contribution < 1.29 is 14.7 Å². The molecule has 5 nitrogen and oxygen atoms in total. The first-order chi connectivity index (χ1) is 9.88. The lowest BCUT2D eigenvalue weighted by atomic mass is 9.97. The molecule has 1 aromatic heterocycles. The van der Waals surface area contributed by atoms with Crippen LogP contribution in [0.3, 0.4) is 0 Å². The number of halogens is 1. The van der Waals surface area contributed by atoms with E-state index in [1.807, 2.05) is 18.4 Å². The molecule has 1 fully saturated rings. The molecule has 1 aliphatic rings. The van der Waals surface area contributed by atoms with Crippen molar-refractivity contribution in [1.29, 1.82) is 0 Å². The molecule has 1 unspecified atom stereocenters. The Bertz CT molecular complexity index is 535. The molecule has 21 heavy (non-hydrogen) atoms. The summed E-state index contributed by atoms with van der Waals surface area (Å²) in [6.45, 7) is 4.07. The first-order valence-electron chi connectivity index (χ1n) is 7.27. The summed E-state index contributed by atoms with van der Waals surface area (Å²) in [6.07, 6.45) is 4.41. The van der Waals surface area contributed by atoms with Gasteiger partial charge in [0.15, 0.2) is 0 Å². The molecule has 6 heteroatoms. The van der Waals surface area contributed by atoms with Crippen LogP contribution in [0.2, 0.25) is 5.02 Å². The normalized spacial score (nSPS) is 16.0. The van der Waals surface area contributed by atoms with Crippen molar-refractivity contribution in [1.82, 2.24) is 9.88 Å². The van der Waals surface area contributed by atoms with Crippen molar-refractivity contribution >= 4 is 23.5 Å². The molecule has 1 atom stereocenters. The van der Waals surface area contributed by atoms with Crippen LogP contribution in [0.5, 0.6) is 0 Å². The minimum Gasteiger partial charge on any atom is -0.481 e. The van der Waals surface area contributed by atoms with Gasteiger partial charge >= 0.3 is 5.97 Å². The smallest absolute Gasteiger partial charge is 0.308 e. The number of carbonyl (C=O) groups excluding carboxylic acids is 1. The summed E-state index contributed by atoms with van der Waals surface area (Å²) in [6, 6.07) is 1.98. The Hall–Kier alpha value is -1.49. The number of nitrogens with zero attached hydrogens (tertiary/aromatic N) is 1. The molecular formula is C15H21ClN2O3. The number of hydrogen-bond donors (Lipinski definition) is 2. The standard InChI is InChI=1S/C15H21ClN2O3/c1-9(2)5-10(15(20)21)7-17-14(19)13-6-11(16)8-18(13)12-3-4-12/h6,8-10,12H,3-5,7H2,1-2H3,(H,17,19)(H,20,21). The lowest BCUT2D eigenvalue weighted by Crippen LogP contribution is -2.34. The molecule has 1 aromatic rings. The molecule has 0 bridgehead atoms. The second kappa shape index (κ2) is 6.52. The number of carboxylic acid groups (broad SMARTS) is 1. The van der Waals surface area contributed by atoms with Crippen molar-refractivity contribution in [2.24, 2.45) is 11.8 Å². The van der Waals surface area contributed by atoms with Crippen LogP contribution >= 0.6 is 11.6 Å². The number of aromatic nitrogens is 1. The van der Waals surface area contributed by atoms with E-state index in [9.17, 15) is 14.7 Å². The number of hydrogen-bond acceptors (Lipinski definition) is 2. The molecule has 0 saturated heterocycles. The summed E-state index contributed by atoms with van der Waals surface area (Å²) in [5.74, 6) is -1.43. The maximum absolute atomic E-state index is 12.2. The summed E-state index contributed by atoms with van der Waals surface area (Å²) in [7, 11) is 0. The molecular weight excluding hydrogens is 292 g/mol. The molecule has 116 valence electrons. The molecule has 0 aromatic carbocycles. The Morgan fingerprint density at radius 2 is 2.14 bits per heavy atom. The zero-order valence-electron chi connectivity index (χ0n) is 12.3. The number of amides is 1. The molecule has 0 spiro atoms. The zero-order chi connectivity index (χ0) is 15.6. The Morgan fingerprint density at radius 1 is 1.48 bits per heavy atom. The van der Waals surface area contributed by atoms with Crippen LogP contribution in [0.15, 0.2) is 12.3 Å². The van der Waals surface area contributed by atoms with Crippen LogP contribution in [-0.2, 0) is 4.79 Å². The number of carboxylic acids is 1. The highest BCUT2D eigenvalue weighted by Gasteiger charge is 2.28. The van der Waals surface area contributed by atoms with E-state index in [4.69, 9.17) is 11.6 Å². The monoisotopic (exact) mass is 312 g/mol. The average Bonchev–Trinajstić information content (AvgIpc) is 3.16. The third kappa shape index (κ3) is 4.24. The molecule has 1 heterocycles. The van der Waals surface area contributed by atoms with Gasteiger partial charge in [-0.1, -0.05) is 25.4 Å². The Kier molecular flexibility index (Phi) is 4.93. The predicted octanol–water partition coefficient (Wildman–Crippen LogP) is 2.95. The Morgan fingerprint density at radius 3 is 2.67 bits per heavy atom. The van der Waals surface area contributed by atoms with Crippen LogP contribution in [0.1, 0.15) is 49.6 Å². The number of carbonyl (C=O) groups is 2. The molecule has 0 aliphatic heterocycles. The quantitative estimate of drug-likeness (QED) is 0.813. The van der Waals surface area contributed by atoms with Gasteiger partial charge in [-0.3, -0.25) is 9.59 Å². The summed E-state index contributed by atoms with van der Waals surface area (Å²) in [5.41, 5.74) is 0.510. The van der Waals surface area contributed by atoms with E-state index < -0.39 is 11.9 Å². The average molecular weight is 313 g/mol. The number of aliphatic carboxylic acids is 1. The van der Waals surface area contributed by atoms with Crippen molar-refractivity contribution in [3.8, 4) is 0 Å². The van der Waals surface area contributed by atoms with Gasteiger partial charge < -0.3 is 15.0 Å². The maximum atomic E-state index is 12.2. The van der Waals surface area contributed by atoms with Gasteiger partial charge in [0.25, 0.3) is 5.91 Å². The van der Waals surface area contributed by atoms with Crippen LogP contribution in [0.25, 0.3) is 0 Å². The van der Waals surface area contributed by atoms with E-state index in [1.165, 1.54) is 0 Å². The highest BCUT2D eigenvalue weighted by Crippen LogP contribution is 2.37. The zero-order valence-corrected chi connectivity index (χ0v) is 13.1. The molecule has 2 N–H and O–H groups in total. The molecule has 0 radical (unpaired) electrons. The SMILES string of the molecule is CC(C)CC(CNC(=O)c1cc(Cl)cn1C1CC1)C(=O)O.